The van der Waals surface area contributed by atoms with Gasteiger partial charge in [-0.25, -0.2) is 9.59 Å². The maximum atomic E-state index is 12.2. The highest BCUT2D eigenvalue weighted by atomic mass is 16.5. The molecule has 4 rings (SSSR count). The Morgan fingerprint density at radius 1 is 0.653 bits per heavy atom. The Kier molecular flexibility index (Phi) is 10.8. The van der Waals surface area contributed by atoms with Crippen LogP contribution in [0.3, 0.4) is 0 Å². The van der Waals surface area contributed by atoms with Crippen LogP contribution in [0.1, 0.15) is 86.1 Å². The first-order chi connectivity index (χ1) is 22.8. The quantitative estimate of drug-likeness (QED) is 0.122. The zero-order valence-electron chi connectivity index (χ0n) is 31.1. The molecule has 0 spiro atoms. The number of rotatable bonds is 10. The second kappa shape index (κ2) is 14.3. The highest BCUT2D eigenvalue weighted by Gasteiger charge is 2.29. The van der Waals surface area contributed by atoms with E-state index in [4.69, 9.17) is 18.9 Å². The Morgan fingerprint density at radius 3 is 1.51 bits per heavy atom. The summed E-state index contributed by atoms with van der Waals surface area (Å²) in [7, 11) is 0. The van der Waals surface area contributed by atoms with Gasteiger partial charge in [-0.2, -0.15) is 0 Å². The van der Waals surface area contributed by atoms with Crippen LogP contribution in [0.15, 0.2) is 84.2 Å². The first kappa shape index (κ1) is 37.0. The van der Waals surface area contributed by atoms with Gasteiger partial charge < -0.3 is 18.9 Å². The average Bonchev–Trinajstić information content (AvgIpc) is 2.99. The maximum Gasteiger partial charge on any atom is 0.338 e. The van der Waals surface area contributed by atoms with Gasteiger partial charge in [-0.1, -0.05) is 58.2 Å². The number of carbonyl (C=O) groups is 2. The molecule has 1 aliphatic carbocycles. The van der Waals surface area contributed by atoms with Crippen molar-refractivity contribution in [2.75, 3.05) is 0 Å². The molecule has 0 radical (unpaired) electrons. The predicted octanol–water partition coefficient (Wildman–Crippen LogP) is 10.5. The molecule has 0 saturated carbocycles. The third-order valence-electron chi connectivity index (χ3n) is 9.09. The van der Waals surface area contributed by atoms with Crippen molar-refractivity contribution in [2.24, 2.45) is 5.92 Å². The van der Waals surface area contributed by atoms with Gasteiger partial charge in [0.1, 0.15) is 34.9 Å². The van der Waals surface area contributed by atoms with Crippen molar-refractivity contribution in [2.45, 2.75) is 94.6 Å². The molecule has 6 nitrogen and oxygen atoms in total. The molecule has 49 heavy (non-hydrogen) atoms. The second-order valence-corrected chi connectivity index (χ2v) is 14.2. The largest absolute Gasteiger partial charge is 0.457 e. The van der Waals surface area contributed by atoms with Crippen molar-refractivity contribution in [3.05, 3.63) is 129 Å². The topological polar surface area (TPSA) is 71.1 Å². The number of hydrogen-bond donors (Lipinski definition) is 0. The van der Waals surface area contributed by atoms with Gasteiger partial charge in [0.05, 0.1) is 0 Å². The fraction of sp³-hybridized carbons (Fsp3) is 0.349. The molecule has 0 bridgehead atoms. The molecule has 0 saturated heterocycles. The van der Waals surface area contributed by atoms with Gasteiger partial charge in [0.15, 0.2) is 0 Å². The minimum Gasteiger partial charge on any atom is -0.457 e. The van der Waals surface area contributed by atoms with Crippen molar-refractivity contribution < 1.29 is 28.5 Å². The molecule has 2 unspecified atom stereocenters. The molecule has 1 aliphatic rings. The van der Waals surface area contributed by atoms with Crippen molar-refractivity contribution in [1.29, 1.82) is 0 Å². The molecule has 0 aliphatic heterocycles. The molecule has 0 aromatic heterocycles. The lowest BCUT2D eigenvalue weighted by atomic mass is 9.76. The summed E-state index contributed by atoms with van der Waals surface area (Å²) in [6.07, 6.45) is 3.60. The lowest BCUT2D eigenvalue weighted by Gasteiger charge is -2.30. The second-order valence-electron chi connectivity index (χ2n) is 14.2. The molecule has 0 amide bonds. The molecule has 3 aromatic carbocycles. The van der Waals surface area contributed by atoms with Crippen LogP contribution in [0.4, 0.5) is 0 Å². The molecule has 3 aromatic rings. The number of allylic oxidation sites excluding steroid dienone is 1. The average molecular weight is 663 g/mol. The zero-order valence-corrected chi connectivity index (χ0v) is 31.1. The zero-order chi connectivity index (χ0) is 36.5. The fourth-order valence-electron chi connectivity index (χ4n) is 6.25. The van der Waals surface area contributed by atoms with Crippen molar-refractivity contribution in [3.63, 3.8) is 0 Å². The lowest BCUT2D eigenvalue weighted by molar-refractivity contribution is -0.144. The van der Waals surface area contributed by atoms with Crippen LogP contribution in [-0.2, 0) is 19.7 Å². The summed E-state index contributed by atoms with van der Waals surface area (Å²) in [5.74, 6) is 2.69. The molecule has 0 fully saturated rings. The van der Waals surface area contributed by atoms with Crippen LogP contribution in [0, 0.1) is 47.5 Å². The van der Waals surface area contributed by atoms with Gasteiger partial charge in [-0.05, 0) is 137 Å². The first-order valence-corrected chi connectivity index (χ1v) is 16.6. The summed E-state index contributed by atoms with van der Waals surface area (Å²) < 4.78 is 24.1. The molecular weight excluding hydrogens is 612 g/mol. The summed E-state index contributed by atoms with van der Waals surface area (Å²) in [6, 6.07) is 12.6. The number of esters is 2. The standard InChI is InChI=1S/C43H50O6/c1-23(2)41(44)48-39-29(9)19-35(20-30(39)10)46-37-25(5)15-33(16-26(37)6)43(13,14)34-17-27(7)38(28(8)18-34)47-36-21-31(11)40(32(12)22-36)49-42(45)24(3)4/h15-22,29,39H,1,3H2,2,4-14H3. The maximum absolute atomic E-state index is 12.2. The van der Waals surface area contributed by atoms with Crippen LogP contribution < -0.4 is 14.2 Å². The van der Waals surface area contributed by atoms with Crippen LogP contribution >= 0.6 is 0 Å². The molecular formula is C43H50O6. The van der Waals surface area contributed by atoms with E-state index in [1.807, 2.05) is 52.0 Å². The van der Waals surface area contributed by atoms with Crippen LogP contribution in [0.25, 0.3) is 0 Å². The number of ether oxygens (including phenoxy) is 4. The minimum atomic E-state index is -0.445. The Balaban J connectivity index is 1.57. The van der Waals surface area contributed by atoms with E-state index in [1.165, 1.54) is 11.1 Å². The summed E-state index contributed by atoms with van der Waals surface area (Å²) in [4.78, 5) is 24.3. The third-order valence-corrected chi connectivity index (χ3v) is 9.09. The highest BCUT2D eigenvalue weighted by Crippen LogP contribution is 2.41. The van der Waals surface area contributed by atoms with E-state index in [2.05, 4.69) is 79.0 Å². The van der Waals surface area contributed by atoms with Gasteiger partial charge in [-0.3, -0.25) is 0 Å². The summed E-state index contributed by atoms with van der Waals surface area (Å²) in [6.45, 7) is 31.2. The molecule has 0 N–H and O–H groups in total. The number of hydrogen-bond acceptors (Lipinski definition) is 6. The minimum absolute atomic E-state index is 0.0423. The first-order valence-electron chi connectivity index (χ1n) is 16.6. The number of aryl methyl sites for hydroxylation is 6. The summed E-state index contributed by atoms with van der Waals surface area (Å²) in [5.41, 5.74) is 9.45. The van der Waals surface area contributed by atoms with Gasteiger partial charge in [0.25, 0.3) is 0 Å². The monoisotopic (exact) mass is 662 g/mol. The van der Waals surface area contributed by atoms with E-state index in [9.17, 15) is 9.59 Å². The molecule has 258 valence electrons. The number of carbonyl (C=O) groups excluding carboxylic acids is 2. The van der Waals surface area contributed by atoms with Gasteiger partial charge in [0, 0.05) is 22.5 Å². The van der Waals surface area contributed by atoms with E-state index in [1.54, 1.807) is 13.8 Å². The van der Waals surface area contributed by atoms with Crippen molar-refractivity contribution in [1.82, 2.24) is 0 Å². The Labute approximate surface area is 292 Å². The molecule has 6 heteroatoms. The van der Waals surface area contributed by atoms with E-state index in [0.717, 1.165) is 56.2 Å². The van der Waals surface area contributed by atoms with Crippen LogP contribution in [0.2, 0.25) is 0 Å². The third kappa shape index (κ3) is 8.07. The SMILES string of the molecule is C=C(C)C(=O)Oc1c(C)cc(Oc2c(C)cc(C(C)(C)c3cc(C)c(OC4=CC(C)C(OC(=O)C(=C)C)C(C)=C4)c(C)c3)cc2C)cc1C. The van der Waals surface area contributed by atoms with Crippen LogP contribution in [-0.4, -0.2) is 18.0 Å². The summed E-state index contributed by atoms with van der Waals surface area (Å²) in [5, 5.41) is 0. The highest BCUT2D eigenvalue weighted by molar-refractivity contribution is 5.89. The molecule has 2 atom stereocenters. The Morgan fingerprint density at radius 2 is 1.08 bits per heavy atom. The van der Waals surface area contributed by atoms with Crippen molar-refractivity contribution in [3.8, 4) is 23.0 Å². The van der Waals surface area contributed by atoms with E-state index < -0.39 is 5.97 Å². The predicted molar refractivity (Wildman–Crippen MR) is 197 cm³/mol. The normalized spacial score (nSPS) is 15.9. The molecule has 0 heterocycles. The smallest absolute Gasteiger partial charge is 0.338 e. The van der Waals surface area contributed by atoms with Gasteiger partial charge >= 0.3 is 11.9 Å². The van der Waals surface area contributed by atoms with Gasteiger partial charge in [-0.15, -0.1) is 0 Å². The van der Waals surface area contributed by atoms with Crippen LogP contribution in [0.5, 0.6) is 23.0 Å². The Hall–Kier alpha value is -4.84. The fourth-order valence-corrected chi connectivity index (χ4v) is 6.25. The van der Waals surface area contributed by atoms with E-state index in [-0.39, 0.29) is 23.4 Å². The van der Waals surface area contributed by atoms with Crippen molar-refractivity contribution >= 4 is 11.9 Å². The lowest BCUT2D eigenvalue weighted by Crippen LogP contribution is -2.28. The van der Waals surface area contributed by atoms with E-state index in [0.29, 0.717) is 22.6 Å². The number of benzene rings is 3. The van der Waals surface area contributed by atoms with Gasteiger partial charge in [0.2, 0.25) is 0 Å². The Bertz CT molecular complexity index is 1850. The summed E-state index contributed by atoms with van der Waals surface area (Å²) >= 11 is 0. The van der Waals surface area contributed by atoms with E-state index >= 15 is 0 Å².